The van der Waals surface area contributed by atoms with E-state index in [1.807, 2.05) is 29.0 Å². The van der Waals surface area contributed by atoms with Crippen LogP contribution in [0.1, 0.15) is 0 Å². The molecule has 0 aliphatic rings. The summed E-state index contributed by atoms with van der Waals surface area (Å²) in [6, 6.07) is 7.35. The van der Waals surface area contributed by atoms with Crippen LogP contribution in [0.3, 0.4) is 0 Å². The van der Waals surface area contributed by atoms with Crippen molar-refractivity contribution in [2.75, 3.05) is 4.72 Å². The predicted molar refractivity (Wildman–Crippen MR) is 68.2 cm³/mol. The fourth-order valence-electron chi connectivity index (χ4n) is 1.11. The number of nitrogens with zero attached hydrogens (tertiary/aromatic N) is 2. The standard InChI is InChI=1S/C8H6BrN3O3S2/c9-6-3-1-2-5(4-6)7-10-11-8(16-7)12-17(13,14)15/h1-4H,(H,11,12)(H,13,14,15). The van der Waals surface area contributed by atoms with E-state index < -0.39 is 10.3 Å². The van der Waals surface area contributed by atoms with Gasteiger partial charge in [-0.2, -0.15) is 8.42 Å². The van der Waals surface area contributed by atoms with Crippen LogP contribution in [0.2, 0.25) is 0 Å². The number of anilines is 1. The Labute approximate surface area is 110 Å². The van der Waals surface area contributed by atoms with Gasteiger partial charge in [-0.15, -0.1) is 10.2 Å². The average molecular weight is 336 g/mol. The number of nitrogens with one attached hydrogen (secondary N) is 1. The summed E-state index contributed by atoms with van der Waals surface area (Å²) in [6.07, 6.45) is 0. The fraction of sp³-hybridized carbons (Fsp3) is 0. The third-order valence-electron chi connectivity index (χ3n) is 1.71. The molecule has 90 valence electrons. The van der Waals surface area contributed by atoms with Crippen LogP contribution in [0.4, 0.5) is 5.13 Å². The minimum atomic E-state index is -4.31. The fourth-order valence-corrected chi connectivity index (χ4v) is 2.85. The first-order valence-corrected chi connectivity index (χ1v) is 7.34. The molecule has 0 bridgehead atoms. The Hall–Kier alpha value is -1.03. The van der Waals surface area contributed by atoms with Gasteiger partial charge >= 0.3 is 10.3 Å². The zero-order chi connectivity index (χ0) is 12.5. The Morgan fingerprint density at radius 1 is 1.35 bits per heavy atom. The van der Waals surface area contributed by atoms with Gasteiger partial charge in [-0.3, -0.25) is 4.55 Å². The minimum absolute atomic E-state index is 0.0162. The molecule has 2 aromatic rings. The number of hydrogen-bond donors (Lipinski definition) is 2. The molecular weight excluding hydrogens is 330 g/mol. The second-order valence-corrected chi connectivity index (χ2v) is 6.05. The number of rotatable bonds is 3. The lowest BCUT2D eigenvalue weighted by Gasteiger charge is -1.95. The highest BCUT2D eigenvalue weighted by atomic mass is 79.9. The number of halogens is 1. The highest BCUT2D eigenvalue weighted by molar-refractivity contribution is 9.10. The third kappa shape index (κ3) is 3.46. The first kappa shape index (κ1) is 12.4. The maximum Gasteiger partial charge on any atom is 0.359 e. The molecule has 0 aliphatic heterocycles. The van der Waals surface area contributed by atoms with Crippen molar-refractivity contribution in [2.24, 2.45) is 0 Å². The van der Waals surface area contributed by atoms with E-state index in [9.17, 15) is 8.42 Å². The van der Waals surface area contributed by atoms with E-state index in [0.717, 1.165) is 21.4 Å². The molecule has 0 spiro atoms. The Morgan fingerprint density at radius 3 is 2.76 bits per heavy atom. The SMILES string of the molecule is O=S(=O)(O)Nc1nnc(-c2cccc(Br)c2)s1. The molecule has 9 heteroatoms. The zero-order valence-corrected chi connectivity index (χ0v) is 11.4. The van der Waals surface area contributed by atoms with Gasteiger partial charge in [0.1, 0.15) is 5.01 Å². The van der Waals surface area contributed by atoms with Crippen LogP contribution < -0.4 is 4.72 Å². The van der Waals surface area contributed by atoms with Crippen LogP contribution in [0, 0.1) is 0 Å². The molecular formula is C8H6BrN3O3S2. The lowest BCUT2D eigenvalue weighted by atomic mass is 10.2. The number of aromatic nitrogens is 2. The highest BCUT2D eigenvalue weighted by Crippen LogP contribution is 2.28. The first-order valence-electron chi connectivity index (χ1n) is 4.29. The smallest absolute Gasteiger partial charge is 0.269 e. The molecule has 1 aromatic carbocycles. The summed E-state index contributed by atoms with van der Waals surface area (Å²) in [7, 11) is -4.31. The van der Waals surface area contributed by atoms with Crippen molar-refractivity contribution in [3.63, 3.8) is 0 Å². The monoisotopic (exact) mass is 335 g/mol. The van der Waals surface area contributed by atoms with Gasteiger partial charge in [0.2, 0.25) is 5.13 Å². The summed E-state index contributed by atoms with van der Waals surface area (Å²) in [6.45, 7) is 0. The van der Waals surface area contributed by atoms with Crippen molar-refractivity contribution >= 4 is 42.7 Å². The van der Waals surface area contributed by atoms with Gasteiger partial charge in [0.05, 0.1) is 0 Å². The molecule has 2 rings (SSSR count). The molecule has 6 nitrogen and oxygen atoms in total. The topological polar surface area (TPSA) is 92.2 Å². The van der Waals surface area contributed by atoms with Crippen molar-refractivity contribution in [2.45, 2.75) is 0 Å². The molecule has 0 saturated heterocycles. The van der Waals surface area contributed by atoms with Gasteiger partial charge in [0, 0.05) is 10.0 Å². The maximum absolute atomic E-state index is 10.6. The molecule has 0 atom stereocenters. The second-order valence-electron chi connectivity index (χ2n) is 3.00. The molecule has 0 amide bonds. The summed E-state index contributed by atoms with van der Waals surface area (Å²) < 4.78 is 32.5. The van der Waals surface area contributed by atoms with Crippen molar-refractivity contribution in [1.82, 2.24) is 10.2 Å². The van der Waals surface area contributed by atoms with Crippen molar-refractivity contribution in [1.29, 1.82) is 0 Å². The molecule has 0 aliphatic carbocycles. The molecule has 0 saturated carbocycles. The summed E-state index contributed by atoms with van der Waals surface area (Å²) in [5.74, 6) is 0. The summed E-state index contributed by atoms with van der Waals surface area (Å²) >= 11 is 4.35. The molecule has 1 aromatic heterocycles. The maximum atomic E-state index is 10.6. The van der Waals surface area contributed by atoms with Crippen LogP contribution in [-0.2, 0) is 10.3 Å². The van der Waals surface area contributed by atoms with Crippen molar-refractivity contribution in [3.05, 3.63) is 28.7 Å². The van der Waals surface area contributed by atoms with Crippen molar-refractivity contribution < 1.29 is 13.0 Å². The first-order chi connectivity index (χ1) is 7.94. The molecule has 0 unspecified atom stereocenters. The zero-order valence-electron chi connectivity index (χ0n) is 8.16. The highest BCUT2D eigenvalue weighted by Gasteiger charge is 2.11. The Morgan fingerprint density at radius 2 is 2.12 bits per heavy atom. The van der Waals surface area contributed by atoms with Gasteiger partial charge in [0.25, 0.3) is 0 Å². The number of hydrogen-bond acceptors (Lipinski definition) is 5. The van der Waals surface area contributed by atoms with E-state index in [4.69, 9.17) is 4.55 Å². The Kier molecular flexibility index (Phi) is 3.43. The van der Waals surface area contributed by atoms with Gasteiger partial charge < -0.3 is 0 Å². The van der Waals surface area contributed by atoms with Gasteiger partial charge in [0.15, 0.2) is 0 Å². The normalized spacial score (nSPS) is 11.4. The summed E-state index contributed by atoms with van der Waals surface area (Å²) in [4.78, 5) is 0. The molecule has 0 fully saturated rings. The summed E-state index contributed by atoms with van der Waals surface area (Å²) in [5.41, 5.74) is 0.806. The quantitative estimate of drug-likeness (QED) is 0.838. The van der Waals surface area contributed by atoms with E-state index in [2.05, 4.69) is 26.1 Å². The second kappa shape index (κ2) is 4.69. The van der Waals surface area contributed by atoms with E-state index in [-0.39, 0.29) is 5.13 Å². The number of benzene rings is 1. The molecule has 0 radical (unpaired) electrons. The Bertz CT molecular complexity index is 641. The van der Waals surface area contributed by atoms with Crippen LogP contribution in [0.25, 0.3) is 10.6 Å². The van der Waals surface area contributed by atoms with Crippen LogP contribution in [0.15, 0.2) is 28.7 Å². The summed E-state index contributed by atoms with van der Waals surface area (Å²) in [5, 5.41) is 8.00. The van der Waals surface area contributed by atoms with E-state index >= 15 is 0 Å². The minimum Gasteiger partial charge on any atom is -0.269 e. The third-order valence-corrected chi connectivity index (χ3v) is 3.67. The molecule has 1 heterocycles. The van der Waals surface area contributed by atoms with Crippen molar-refractivity contribution in [3.8, 4) is 10.6 Å². The average Bonchev–Trinajstić information content (AvgIpc) is 2.63. The lowest BCUT2D eigenvalue weighted by molar-refractivity contribution is 0.489. The van der Waals surface area contributed by atoms with Gasteiger partial charge in [-0.05, 0) is 12.1 Å². The Balaban J connectivity index is 2.30. The largest absolute Gasteiger partial charge is 0.359 e. The van der Waals surface area contributed by atoms with Gasteiger partial charge in [-0.25, -0.2) is 4.72 Å². The van der Waals surface area contributed by atoms with E-state index in [1.54, 1.807) is 0 Å². The van der Waals surface area contributed by atoms with Crippen LogP contribution >= 0.6 is 27.3 Å². The van der Waals surface area contributed by atoms with E-state index in [1.165, 1.54) is 0 Å². The van der Waals surface area contributed by atoms with E-state index in [0.29, 0.717) is 5.01 Å². The lowest BCUT2D eigenvalue weighted by Crippen LogP contribution is -2.09. The van der Waals surface area contributed by atoms with Gasteiger partial charge in [-0.1, -0.05) is 39.4 Å². The predicted octanol–water partition coefficient (Wildman–Crippen LogP) is 2.18. The molecule has 17 heavy (non-hydrogen) atoms. The van der Waals surface area contributed by atoms with Crippen LogP contribution in [0.5, 0.6) is 0 Å². The van der Waals surface area contributed by atoms with Crippen LogP contribution in [-0.4, -0.2) is 23.2 Å². The molecule has 2 N–H and O–H groups in total.